The van der Waals surface area contributed by atoms with Crippen molar-refractivity contribution in [2.24, 2.45) is 4.99 Å². The van der Waals surface area contributed by atoms with Crippen molar-refractivity contribution < 1.29 is 0 Å². The van der Waals surface area contributed by atoms with E-state index in [0.29, 0.717) is 0 Å². The summed E-state index contributed by atoms with van der Waals surface area (Å²) in [4.78, 5) is 10.7. The van der Waals surface area contributed by atoms with Crippen LogP contribution in [-0.2, 0) is 6.54 Å². The average molecular weight is 189 g/mol. The van der Waals surface area contributed by atoms with Crippen LogP contribution >= 0.6 is 0 Å². The first-order valence-corrected chi connectivity index (χ1v) is 5.11. The van der Waals surface area contributed by atoms with Crippen molar-refractivity contribution in [3.8, 4) is 0 Å². The summed E-state index contributed by atoms with van der Waals surface area (Å²) in [6.45, 7) is 4.25. The molecule has 0 saturated heterocycles. The van der Waals surface area contributed by atoms with Gasteiger partial charge in [0.25, 0.3) is 0 Å². The zero-order valence-corrected chi connectivity index (χ0v) is 8.48. The lowest BCUT2D eigenvalue weighted by Gasteiger charge is -2.23. The third-order valence-corrected chi connectivity index (χ3v) is 2.41. The maximum atomic E-state index is 4.39. The Balaban J connectivity index is 2.06. The van der Waals surface area contributed by atoms with Crippen LogP contribution in [0.4, 0.5) is 5.69 Å². The number of nitrogens with zero attached hydrogens (tertiary/aromatic N) is 3. The lowest BCUT2D eigenvalue weighted by Crippen LogP contribution is -2.24. The molecule has 1 aromatic rings. The number of aliphatic imine (C=N–C) groups is 1. The second-order valence-electron chi connectivity index (χ2n) is 3.57. The predicted molar refractivity (Wildman–Crippen MR) is 57.7 cm³/mol. The first kappa shape index (κ1) is 9.19. The summed E-state index contributed by atoms with van der Waals surface area (Å²) in [6.07, 6.45) is 8.09. The summed E-state index contributed by atoms with van der Waals surface area (Å²) in [5.41, 5.74) is 2.29. The van der Waals surface area contributed by atoms with Gasteiger partial charge in [0.05, 0.1) is 12.0 Å². The van der Waals surface area contributed by atoms with Crippen LogP contribution in [0.3, 0.4) is 0 Å². The van der Waals surface area contributed by atoms with E-state index in [-0.39, 0.29) is 0 Å². The third kappa shape index (κ3) is 1.92. The lowest BCUT2D eigenvalue weighted by molar-refractivity contribution is 0.408. The van der Waals surface area contributed by atoms with Crippen molar-refractivity contribution in [1.29, 1.82) is 0 Å². The van der Waals surface area contributed by atoms with Gasteiger partial charge >= 0.3 is 0 Å². The van der Waals surface area contributed by atoms with Crippen molar-refractivity contribution in [3.63, 3.8) is 0 Å². The van der Waals surface area contributed by atoms with Gasteiger partial charge in [-0.1, -0.05) is 13.3 Å². The third-order valence-electron chi connectivity index (χ3n) is 2.41. The Labute approximate surface area is 84.5 Å². The molecule has 0 N–H and O–H groups in total. The lowest BCUT2D eigenvalue weighted by atomic mass is 10.2. The molecule has 2 rings (SSSR count). The molecule has 2 heterocycles. The largest absolute Gasteiger partial charge is 0.358 e. The zero-order chi connectivity index (χ0) is 9.80. The SMILES string of the molecule is CCCCN1C=Nc2ccncc2C1. The Bertz CT molecular complexity index is 333. The molecule has 14 heavy (non-hydrogen) atoms. The zero-order valence-electron chi connectivity index (χ0n) is 8.48. The number of hydrogen-bond donors (Lipinski definition) is 0. The van der Waals surface area contributed by atoms with E-state index in [1.807, 2.05) is 18.6 Å². The van der Waals surface area contributed by atoms with E-state index in [1.165, 1.54) is 18.4 Å². The molecule has 3 nitrogen and oxygen atoms in total. The Hall–Kier alpha value is -1.38. The van der Waals surface area contributed by atoms with Gasteiger partial charge in [-0.25, -0.2) is 4.99 Å². The van der Waals surface area contributed by atoms with Gasteiger partial charge in [0, 0.05) is 31.0 Å². The first-order valence-electron chi connectivity index (χ1n) is 5.11. The molecular weight excluding hydrogens is 174 g/mol. The molecule has 0 atom stereocenters. The number of fused-ring (bicyclic) bond motifs is 1. The predicted octanol–water partition coefficient (Wildman–Crippen LogP) is 2.36. The van der Waals surface area contributed by atoms with Crippen LogP contribution < -0.4 is 0 Å². The van der Waals surface area contributed by atoms with Crippen LogP contribution in [0.1, 0.15) is 25.3 Å². The van der Waals surface area contributed by atoms with Gasteiger partial charge < -0.3 is 4.90 Å². The van der Waals surface area contributed by atoms with Gasteiger partial charge in [-0.05, 0) is 12.5 Å². The van der Waals surface area contributed by atoms with E-state index in [4.69, 9.17) is 0 Å². The number of unbranched alkanes of at least 4 members (excludes halogenated alkanes) is 1. The summed E-state index contributed by atoms with van der Waals surface area (Å²) >= 11 is 0. The van der Waals surface area contributed by atoms with E-state index in [1.54, 1.807) is 6.20 Å². The van der Waals surface area contributed by atoms with Crippen LogP contribution in [0.5, 0.6) is 0 Å². The molecule has 0 aliphatic carbocycles. The van der Waals surface area contributed by atoms with Crippen molar-refractivity contribution in [2.75, 3.05) is 6.54 Å². The van der Waals surface area contributed by atoms with Gasteiger partial charge in [-0.15, -0.1) is 0 Å². The highest BCUT2D eigenvalue weighted by Crippen LogP contribution is 2.22. The van der Waals surface area contributed by atoms with Gasteiger partial charge in [0.15, 0.2) is 0 Å². The fourth-order valence-electron chi connectivity index (χ4n) is 1.57. The fourth-order valence-corrected chi connectivity index (χ4v) is 1.57. The van der Waals surface area contributed by atoms with E-state index in [9.17, 15) is 0 Å². The highest BCUT2D eigenvalue weighted by molar-refractivity contribution is 5.66. The molecule has 0 saturated carbocycles. The van der Waals surface area contributed by atoms with Crippen molar-refractivity contribution in [1.82, 2.24) is 9.88 Å². The maximum absolute atomic E-state index is 4.39. The number of rotatable bonds is 3. The quantitative estimate of drug-likeness (QED) is 0.730. The number of hydrogen-bond acceptors (Lipinski definition) is 3. The topological polar surface area (TPSA) is 28.5 Å². The minimum absolute atomic E-state index is 0.951. The summed E-state index contributed by atoms with van der Waals surface area (Å²) in [6, 6.07) is 1.96. The highest BCUT2D eigenvalue weighted by Gasteiger charge is 2.10. The Morgan fingerprint density at radius 2 is 2.43 bits per heavy atom. The Kier molecular flexibility index (Phi) is 2.77. The van der Waals surface area contributed by atoms with Gasteiger partial charge in [0.1, 0.15) is 0 Å². The molecule has 0 spiro atoms. The fraction of sp³-hybridized carbons (Fsp3) is 0.455. The summed E-state index contributed by atoms with van der Waals surface area (Å²) < 4.78 is 0. The van der Waals surface area contributed by atoms with Crippen molar-refractivity contribution >= 4 is 12.0 Å². The maximum Gasteiger partial charge on any atom is 0.0915 e. The molecule has 0 radical (unpaired) electrons. The van der Waals surface area contributed by atoms with E-state index in [0.717, 1.165) is 18.8 Å². The monoisotopic (exact) mass is 189 g/mol. The molecule has 74 valence electrons. The van der Waals surface area contributed by atoms with Crippen molar-refractivity contribution in [2.45, 2.75) is 26.3 Å². The van der Waals surface area contributed by atoms with Crippen LogP contribution in [0.25, 0.3) is 0 Å². The summed E-state index contributed by atoms with van der Waals surface area (Å²) in [5.74, 6) is 0. The molecule has 3 heteroatoms. The molecule has 0 fully saturated rings. The normalized spacial score (nSPS) is 14.2. The standard InChI is InChI=1S/C11H15N3/c1-2-3-6-14-8-10-7-12-5-4-11(10)13-9-14/h4-5,7,9H,2-3,6,8H2,1H3. The minimum Gasteiger partial charge on any atom is -0.358 e. The Morgan fingerprint density at radius 3 is 3.29 bits per heavy atom. The second kappa shape index (κ2) is 4.22. The second-order valence-corrected chi connectivity index (χ2v) is 3.57. The van der Waals surface area contributed by atoms with Crippen LogP contribution in [0, 0.1) is 0 Å². The molecule has 0 bridgehead atoms. The van der Waals surface area contributed by atoms with Gasteiger partial charge in [-0.3, -0.25) is 4.98 Å². The molecule has 0 aromatic carbocycles. The smallest absolute Gasteiger partial charge is 0.0915 e. The summed E-state index contributed by atoms with van der Waals surface area (Å²) in [5, 5.41) is 0. The molecule has 1 aliphatic heterocycles. The molecule has 1 aromatic heterocycles. The van der Waals surface area contributed by atoms with Crippen LogP contribution in [0.15, 0.2) is 23.5 Å². The van der Waals surface area contributed by atoms with E-state index in [2.05, 4.69) is 21.8 Å². The van der Waals surface area contributed by atoms with Gasteiger partial charge in [-0.2, -0.15) is 0 Å². The number of aromatic nitrogens is 1. The molecular formula is C11H15N3. The molecule has 0 amide bonds. The van der Waals surface area contributed by atoms with Gasteiger partial charge in [0.2, 0.25) is 0 Å². The number of pyridine rings is 1. The molecule has 1 aliphatic rings. The first-order chi connectivity index (χ1) is 6.90. The average Bonchev–Trinajstić information content (AvgIpc) is 2.26. The molecule has 0 unspecified atom stereocenters. The van der Waals surface area contributed by atoms with E-state index < -0.39 is 0 Å². The highest BCUT2D eigenvalue weighted by atomic mass is 15.2. The summed E-state index contributed by atoms with van der Waals surface area (Å²) in [7, 11) is 0. The van der Waals surface area contributed by atoms with Crippen molar-refractivity contribution in [3.05, 3.63) is 24.0 Å². The minimum atomic E-state index is 0.951. The van der Waals surface area contributed by atoms with Crippen LogP contribution in [-0.4, -0.2) is 22.8 Å². The van der Waals surface area contributed by atoms with Crippen LogP contribution in [0.2, 0.25) is 0 Å². The van der Waals surface area contributed by atoms with E-state index >= 15 is 0 Å². The Morgan fingerprint density at radius 1 is 1.50 bits per heavy atom.